The largest absolute Gasteiger partial charge is 0.508 e. The number of aryl methyl sites for hydroxylation is 1. The van der Waals surface area contributed by atoms with Crippen LogP contribution in [0.25, 0.3) is 0 Å². The molecule has 0 amide bonds. The maximum absolute atomic E-state index is 9.92. The molecule has 2 N–H and O–H groups in total. The fourth-order valence-corrected chi connectivity index (χ4v) is 2.59. The quantitative estimate of drug-likeness (QED) is 0.653. The lowest BCUT2D eigenvalue weighted by Gasteiger charge is -2.18. The smallest absolute Gasteiger partial charge is 0.120 e. The molecule has 2 nitrogen and oxygen atoms in total. The van der Waals surface area contributed by atoms with E-state index in [-0.39, 0.29) is 5.54 Å². The van der Waals surface area contributed by atoms with Crippen molar-refractivity contribution in [1.29, 1.82) is 0 Å². The highest BCUT2D eigenvalue weighted by Crippen LogP contribution is 2.51. The second-order valence-corrected chi connectivity index (χ2v) is 4.42. The number of nitrogens with one attached hydrogen (secondary N) is 1. The Hall–Kier alpha value is -1.02. The predicted octanol–water partition coefficient (Wildman–Crippen LogP) is 1.92. The van der Waals surface area contributed by atoms with Crippen molar-refractivity contribution in [3.8, 4) is 5.75 Å². The van der Waals surface area contributed by atoms with Gasteiger partial charge >= 0.3 is 0 Å². The summed E-state index contributed by atoms with van der Waals surface area (Å²) < 4.78 is 0. The molecule has 74 valence electrons. The monoisotopic (exact) mass is 189 g/mol. The molecular formula is C12H15NO. The highest BCUT2D eigenvalue weighted by molar-refractivity contribution is 5.48. The van der Waals surface area contributed by atoms with Gasteiger partial charge < -0.3 is 10.4 Å². The van der Waals surface area contributed by atoms with Crippen LogP contribution in [0.3, 0.4) is 0 Å². The summed E-state index contributed by atoms with van der Waals surface area (Å²) in [4.78, 5) is 0. The maximum Gasteiger partial charge on any atom is 0.120 e. The van der Waals surface area contributed by atoms with E-state index in [9.17, 15) is 5.11 Å². The fourth-order valence-electron chi connectivity index (χ4n) is 2.59. The Morgan fingerprint density at radius 1 is 1.29 bits per heavy atom. The Bertz CT molecular complexity index is 369. The molecule has 1 fully saturated rings. The average molecular weight is 189 g/mol. The minimum atomic E-state index is 0.136. The van der Waals surface area contributed by atoms with E-state index in [2.05, 4.69) is 11.4 Å². The number of phenols is 1. The molecule has 1 saturated carbocycles. The number of fused-ring (bicyclic) bond motifs is 2. The normalized spacial score (nSPS) is 22.9. The van der Waals surface area contributed by atoms with Crippen LogP contribution in [-0.4, -0.2) is 11.7 Å². The summed E-state index contributed by atoms with van der Waals surface area (Å²) in [6, 6.07) is 5.92. The molecule has 1 aliphatic carbocycles. The zero-order chi connectivity index (χ0) is 9.60. The molecule has 0 saturated heterocycles. The second kappa shape index (κ2) is 2.74. The third kappa shape index (κ3) is 1.07. The Morgan fingerprint density at radius 3 is 2.93 bits per heavy atom. The molecule has 14 heavy (non-hydrogen) atoms. The number of benzene rings is 1. The molecule has 0 unspecified atom stereocenters. The topological polar surface area (TPSA) is 32.3 Å². The van der Waals surface area contributed by atoms with E-state index in [4.69, 9.17) is 0 Å². The number of phenolic OH excluding ortho intramolecular Hbond substituents is 1. The molecule has 1 aromatic carbocycles. The third-order valence-corrected chi connectivity index (χ3v) is 3.44. The molecular weight excluding hydrogens is 174 g/mol. The molecule has 2 heteroatoms. The molecule has 0 atom stereocenters. The fraction of sp³-hybridized carbons (Fsp3) is 0.500. The van der Waals surface area contributed by atoms with Crippen LogP contribution >= 0.6 is 0 Å². The Kier molecular flexibility index (Phi) is 1.62. The average Bonchev–Trinajstić information content (AvgIpc) is 2.96. The van der Waals surface area contributed by atoms with Gasteiger partial charge in [-0.05, 0) is 43.9 Å². The summed E-state index contributed by atoms with van der Waals surface area (Å²) in [6.07, 6.45) is 4.63. The van der Waals surface area contributed by atoms with Crippen molar-refractivity contribution < 1.29 is 5.11 Å². The van der Waals surface area contributed by atoms with Gasteiger partial charge in [-0.3, -0.25) is 0 Å². The van der Waals surface area contributed by atoms with Gasteiger partial charge in [0.15, 0.2) is 0 Å². The van der Waals surface area contributed by atoms with Crippen molar-refractivity contribution in [3.05, 3.63) is 29.3 Å². The molecule has 1 heterocycles. The van der Waals surface area contributed by atoms with Crippen molar-refractivity contribution in [2.75, 3.05) is 6.54 Å². The van der Waals surface area contributed by atoms with Gasteiger partial charge in [0.25, 0.3) is 0 Å². The third-order valence-electron chi connectivity index (χ3n) is 3.44. The van der Waals surface area contributed by atoms with Crippen molar-refractivity contribution in [2.45, 2.75) is 31.2 Å². The molecule has 2 aliphatic rings. The summed E-state index contributed by atoms with van der Waals surface area (Å²) in [6.45, 7) is 1.08. The SMILES string of the molecule is Oc1cccc2c1C1(CC1)NCCC2. The first-order valence-electron chi connectivity index (χ1n) is 5.38. The van der Waals surface area contributed by atoms with Crippen LogP contribution < -0.4 is 5.32 Å². The second-order valence-electron chi connectivity index (χ2n) is 4.42. The van der Waals surface area contributed by atoms with Crippen molar-refractivity contribution in [2.24, 2.45) is 0 Å². The van der Waals surface area contributed by atoms with Gasteiger partial charge in [0.05, 0.1) is 0 Å². The first-order valence-corrected chi connectivity index (χ1v) is 5.38. The minimum Gasteiger partial charge on any atom is -0.508 e. The number of aromatic hydroxyl groups is 1. The molecule has 3 rings (SSSR count). The van der Waals surface area contributed by atoms with Crippen LogP contribution in [0.1, 0.15) is 30.4 Å². The Balaban J connectivity index is 2.17. The van der Waals surface area contributed by atoms with E-state index in [1.807, 2.05) is 12.1 Å². The van der Waals surface area contributed by atoms with Crippen LogP contribution in [0.15, 0.2) is 18.2 Å². The van der Waals surface area contributed by atoms with Crippen LogP contribution in [-0.2, 0) is 12.0 Å². The lowest BCUT2D eigenvalue weighted by Crippen LogP contribution is -2.28. The van der Waals surface area contributed by atoms with Gasteiger partial charge in [-0.25, -0.2) is 0 Å². The van der Waals surface area contributed by atoms with Gasteiger partial charge in [0, 0.05) is 11.1 Å². The van der Waals surface area contributed by atoms with Crippen molar-refractivity contribution >= 4 is 0 Å². The molecule has 0 bridgehead atoms. The lowest BCUT2D eigenvalue weighted by molar-refractivity contribution is 0.443. The zero-order valence-corrected chi connectivity index (χ0v) is 8.21. The highest BCUT2D eigenvalue weighted by Gasteiger charge is 2.47. The molecule has 1 aliphatic heterocycles. The van der Waals surface area contributed by atoms with Crippen LogP contribution in [0.2, 0.25) is 0 Å². The summed E-state index contributed by atoms with van der Waals surface area (Å²) >= 11 is 0. The molecule has 1 spiro atoms. The summed E-state index contributed by atoms with van der Waals surface area (Å²) in [7, 11) is 0. The van der Waals surface area contributed by atoms with Gasteiger partial charge in [-0.15, -0.1) is 0 Å². The summed E-state index contributed by atoms with van der Waals surface area (Å²) in [5.41, 5.74) is 2.65. The van der Waals surface area contributed by atoms with E-state index in [0.29, 0.717) is 5.75 Å². The van der Waals surface area contributed by atoms with Crippen LogP contribution in [0, 0.1) is 0 Å². The zero-order valence-electron chi connectivity index (χ0n) is 8.21. The van der Waals surface area contributed by atoms with Gasteiger partial charge in [-0.2, -0.15) is 0 Å². The van der Waals surface area contributed by atoms with E-state index in [1.54, 1.807) is 0 Å². The predicted molar refractivity (Wildman–Crippen MR) is 55.3 cm³/mol. The number of hydrogen-bond acceptors (Lipinski definition) is 2. The van der Waals surface area contributed by atoms with Crippen LogP contribution in [0.5, 0.6) is 5.75 Å². The standard InChI is InChI=1S/C12H15NO/c14-10-5-1-3-9-4-2-8-13-12(6-7-12)11(9)10/h1,3,5,13-14H,2,4,6-8H2. The first kappa shape index (κ1) is 8.30. The summed E-state index contributed by atoms with van der Waals surface area (Å²) in [5.74, 6) is 0.481. The van der Waals surface area contributed by atoms with Crippen molar-refractivity contribution in [3.63, 3.8) is 0 Å². The molecule has 0 radical (unpaired) electrons. The van der Waals surface area contributed by atoms with E-state index >= 15 is 0 Å². The van der Waals surface area contributed by atoms with Gasteiger partial charge in [-0.1, -0.05) is 12.1 Å². The highest BCUT2D eigenvalue weighted by atomic mass is 16.3. The minimum absolute atomic E-state index is 0.136. The van der Waals surface area contributed by atoms with Crippen molar-refractivity contribution in [1.82, 2.24) is 5.32 Å². The van der Waals surface area contributed by atoms with E-state index in [1.165, 1.54) is 30.4 Å². The van der Waals surface area contributed by atoms with Gasteiger partial charge in [0.1, 0.15) is 5.75 Å². The molecule has 1 aromatic rings. The lowest BCUT2D eigenvalue weighted by atomic mass is 9.96. The van der Waals surface area contributed by atoms with Gasteiger partial charge in [0.2, 0.25) is 0 Å². The molecule has 0 aromatic heterocycles. The summed E-state index contributed by atoms with van der Waals surface area (Å²) in [5, 5.41) is 13.5. The van der Waals surface area contributed by atoms with E-state index < -0.39 is 0 Å². The first-order chi connectivity index (χ1) is 6.82. The Morgan fingerprint density at radius 2 is 2.14 bits per heavy atom. The maximum atomic E-state index is 9.92. The van der Waals surface area contributed by atoms with E-state index in [0.717, 1.165) is 13.0 Å². The Labute approximate surface area is 84.0 Å². The number of hydrogen-bond donors (Lipinski definition) is 2. The van der Waals surface area contributed by atoms with Crippen LogP contribution in [0.4, 0.5) is 0 Å². The number of rotatable bonds is 0.